The van der Waals surface area contributed by atoms with Gasteiger partial charge in [-0.05, 0) is 86.8 Å². The zero-order valence-corrected chi connectivity index (χ0v) is 14.2. The Kier molecular flexibility index (Phi) is 5.50. The first kappa shape index (κ1) is 16.7. The Labute approximate surface area is 139 Å². The Morgan fingerprint density at radius 1 is 1.04 bits per heavy atom. The van der Waals surface area contributed by atoms with Crippen LogP contribution in [0.1, 0.15) is 63.0 Å². The van der Waals surface area contributed by atoms with Gasteiger partial charge in [-0.2, -0.15) is 0 Å². The molecular weight excluding hydrogens is 290 g/mol. The molecule has 23 heavy (non-hydrogen) atoms. The summed E-state index contributed by atoms with van der Waals surface area (Å²) in [5.74, 6) is 0.857. The van der Waals surface area contributed by atoms with Crippen LogP contribution in [-0.4, -0.2) is 0 Å². The second-order valence-electron chi connectivity index (χ2n) is 7.43. The summed E-state index contributed by atoms with van der Waals surface area (Å²) in [7, 11) is 0. The second kappa shape index (κ2) is 7.59. The first-order chi connectivity index (χ1) is 11.2. The average molecular weight is 318 g/mol. The molecule has 3 rings (SSSR count). The summed E-state index contributed by atoms with van der Waals surface area (Å²) in [6.45, 7) is 2.08. The molecule has 0 bridgehead atoms. The molecule has 1 unspecified atom stereocenters. The minimum absolute atomic E-state index is 0.551. The van der Waals surface area contributed by atoms with E-state index in [0.29, 0.717) is 17.4 Å². The molecule has 1 aromatic rings. The standard InChI is InChI=1S/C21H28F2/c1-2-3-4-5-15-6-8-16(9-7-15)18-11-10-17-12-13-20(22)21(23)19(17)14-18/h2-3,12-13,15-16,18H,4-11,14H2,1H3/b3-2+. The molecule has 0 nitrogen and oxygen atoms in total. The average Bonchev–Trinajstić information content (AvgIpc) is 2.59. The van der Waals surface area contributed by atoms with Crippen LogP contribution in [0.2, 0.25) is 0 Å². The van der Waals surface area contributed by atoms with Crippen molar-refractivity contribution in [1.29, 1.82) is 0 Å². The van der Waals surface area contributed by atoms with Gasteiger partial charge in [0.15, 0.2) is 11.6 Å². The molecular formula is C21H28F2. The van der Waals surface area contributed by atoms with Gasteiger partial charge >= 0.3 is 0 Å². The highest BCUT2D eigenvalue weighted by Crippen LogP contribution is 2.41. The summed E-state index contributed by atoms with van der Waals surface area (Å²) < 4.78 is 27.6. The molecule has 2 heteroatoms. The van der Waals surface area contributed by atoms with E-state index in [1.54, 1.807) is 6.07 Å². The van der Waals surface area contributed by atoms with Crippen molar-refractivity contribution in [2.45, 2.75) is 64.7 Å². The van der Waals surface area contributed by atoms with Crippen molar-refractivity contribution in [3.63, 3.8) is 0 Å². The normalized spacial score (nSPS) is 28.0. The van der Waals surface area contributed by atoms with Crippen LogP contribution in [-0.2, 0) is 12.8 Å². The van der Waals surface area contributed by atoms with Crippen LogP contribution in [0.4, 0.5) is 8.78 Å². The summed E-state index contributed by atoms with van der Waals surface area (Å²) in [5.41, 5.74) is 1.69. The van der Waals surface area contributed by atoms with Crippen molar-refractivity contribution >= 4 is 0 Å². The zero-order chi connectivity index (χ0) is 16.2. The minimum Gasteiger partial charge on any atom is -0.204 e. The van der Waals surface area contributed by atoms with Gasteiger partial charge in [0.05, 0.1) is 0 Å². The molecule has 0 aromatic heterocycles. The Morgan fingerprint density at radius 3 is 2.57 bits per heavy atom. The zero-order valence-electron chi connectivity index (χ0n) is 14.2. The minimum atomic E-state index is -0.683. The molecule has 1 atom stereocenters. The summed E-state index contributed by atoms with van der Waals surface area (Å²) in [6.07, 6.45) is 14.9. The third-order valence-electron chi connectivity index (χ3n) is 6.08. The van der Waals surface area contributed by atoms with Crippen molar-refractivity contribution in [1.82, 2.24) is 0 Å². The summed E-state index contributed by atoms with van der Waals surface area (Å²) in [6, 6.07) is 3.06. The SMILES string of the molecule is C/C=C/CCC1CCC(C2CCc3ccc(F)c(F)c3C2)CC1. The summed E-state index contributed by atoms with van der Waals surface area (Å²) in [5, 5.41) is 0. The van der Waals surface area contributed by atoms with Crippen LogP contribution in [0.5, 0.6) is 0 Å². The Hall–Kier alpha value is -1.18. The van der Waals surface area contributed by atoms with Gasteiger partial charge < -0.3 is 0 Å². The maximum Gasteiger partial charge on any atom is 0.162 e. The van der Waals surface area contributed by atoms with Crippen LogP contribution >= 0.6 is 0 Å². The molecule has 1 aromatic carbocycles. The van der Waals surface area contributed by atoms with Gasteiger partial charge in [0.25, 0.3) is 0 Å². The predicted molar refractivity (Wildman–Crippen MR) is 91.4 cm³/mol. The van der Waals surface area contributed by atoms with Gasteiger partial charge in [0.1, 0.15) is 0 Å². The van der Waals surface area contributed by atoms with Crippen LogP contribution in [0.15, 0.2) is 24.3 Å². The first-order valence-electron chi connectivity index (χ1n) is 9.26. The number of rotatable bonds is 4. The van der Waals surface area contributed by atoms with Crippen molar-refractivity contribution in [3.8, 4) is 0 Å². The molecule has 1 fully saturated rings. The smallest absolute Gasteiger partial charge is 0.162 e. The maximum atomic E-state index is 14.1. The third kappa shape index (κ3) is 3.84. The van der Waals surface area contributed by atoms with E-state index in [9.17, 15) is 8.78 Å². The second-order valence-corrected chi connectivity index (χ2v) is 7.43. The molecule has 126 valence electrons. The van der Waals surface area contributed by atoms with Gasteiger partial charge in [-0.1, -0.05) is 31.1 Å². The van der Waals surface area contributed by atoms with Gasteiger partial charge in [-0.3, -0.25) is 0 Å². The molecule has 2 aliphatic carbocycles. The fourth-order valence-corrected chi connectivity index (χ4v) is 4.64. The summed E-state index contributed by atoms with van der Waals surface area (Å²) >= 11 is 0. The number of benzene rings is 1. The molecule has 0 N–H and O–H groups in total. The monoisotopic (exact) mass is 318 g/mol. The largest absolute Gasteiger partial charge is 0.204 e. The highest BCUT2D eigenvalue weighted by molar-refractivity contribution is 5.32. The first-order valence-corrected chi connectivity index (χ1v) is 9.26. The number of hydrogen-bond acceptors (Lipinski definition) is 0. The molecule has 0 amide bonds. The highest BCUT2D eigenvalue weighted by Gasteiger charge is 2.31. The number of allylic oxidation sites excluding steroid dienone is 2. The number of hydrogen-bond donors (Lipinski definition) is 0. The van der Waals surface area contributed by atoms with Crippen LogP contribution < -0.4 is 0 Å². The van der Waals surface area contributed by atoms with E-state index >= 15 is 0 Å². The number of aryl methyl sites for hydroxylation is 1. The lowest BCUT2D eigenvalue weighted by Crippen LogP contribution is -2.27. The van der Waals surface area contributed by atoms with Crippen LogP contribution in [0.25, 0.3) is 0 Å². The Morgan fingerprint density at radius 2 is 1.83 bits per heavy atom. The molecule has 0 radical (unpaired) electrons. The third-order valence-corrected chi connectivity index (χ3v) is 6.08. The van der Waals surface area contributed by atoms with Crippen molar-refractivity contribution < 1.29 is 8.78 Å². The van der Waals surface area contributed by atoms with Crippen molar-refractivity contribution in [2.24, 2.45) is 17.8 Å². The van der Waals surface area contributed by atoms with Crippen molar-refractivity contribution in [3.05, 3.63) is 47.0 Å². The highest BCUT2D eigenvalue weighted by atomic mass is 19.2. The lowest BCUT2D eigenvalue weighted by molar-refractivity contribution is 0.183. The van der Waals surface area contributed by atoms with Crippen LogP contribution in [0.3, 0.4) is 0 Å². The lowest BCUT2D eigenvalue weighted by atomic mass is 9.69. The molecule has 0 spiro atoms. The molecule has 2 aliphatic rings. The topological polar surface area (TPSA) is 0 Å². The predicted octanol–water partition coefficient (Wildman–Crippen LogP) is 6.23. The van der Waals surface area contributed by atoms with E-state index < -0.39 is 11.6 Å². The van der Waals surface area contributed by atoms with Gasteiger partial charge in [0.2, 0.25) is 0 Å². The van der Waals surface area contributed by atoms with Crippen molar-refractivity contribution in [2.75, 3.05) is 0 Å². The van der Waals surface area contributed by atoms with E-state index in [4.69, 9.17) is 0 Å². The summed E-state index contributed by atoms with van der Waals surface area (Å²) in [4.78, 5) is 0. The number of fused-ring (bicyclic) bond motifs is 1. The molecule has 0 heterocycles. The quantitative estimate of drug-likeness (QED) is 0.577. The molecule has 0 saturated heterocycles. The Balaban J connectivity index is 1.57. The fourth-order valence-electron chi connectivity index (χ4n) is 4.64. The molecule has 1 saturated carbocycles. The van der Waals surface area contributed by atoms with Gasteiger partial charge in [0, 0.05) is 0 Å². The number of halogens is 2. The maximum absolute atomic E-state index is 14.1. The van der Waals surface area contributed by atoms with Crippen LogP contribution in [0, 0.1) is 29.4 Å². The molecule has 0 aliphatic heterocycles. The van der Waals surface area contributed by atoms with E-state index in [-0.39, 0.29) is 0 Å². The lowest BCUT2D eigenvalue weighted by Gasteiger charge is -2.36. The van der Waals surface area contributed by atoms with Gasteiger partial charge in [-0.15, -0.1) is 0 Å². The van der Waals surface area contributed by atoms with E-state index in [1.807, 2.05) is 0 Å². The van der Waals surface area contributed by atoms with E-state index in [2.05, 4.69) is 19.1 Å². The fraction of sp³-hybridized carbons (Fsp3) is 0.619. The van der Waals surface area contributed by atoms with E-state index in [0.717, 1.165) is 30.7 Å². The van der Waals surface area contributed by atoms with Gasteiger partial charge in [-0.25, -0.2) is 8.78 Å². The Bertz CT molecular complexity index is 553. The van der Waals surface area contributed by atoms with E-state index in [1.165, 1.54) is 44.6 Å².